The fourth-order valence-corrected chi connectivity index (χ4v) is 9.75. The highest BCUT2D eigenvalue weighted by molar-refractivity contribution is 5.87. The lowest BCUT2D eigenvalue weighted by Crippen LogP contribution is -2.68. The Morgan fingerprint density at radius 3 is 2.74 bits per heavy atom. The van der Waals surface area contributed by atoms with Gasteiger partial charge in [0.05, 0.1) is 12.2 Å². The largest absolute Gasteiger partial charge is 0.392 e. The fraction of sp³-hybridized carbons (Fsp3) is 0.864. The second-order valence-electron chi connectivity index (χ2n) is 10.7. The lowest BCUT2D eigenvalue weighted by atomic mass is 9.43. The Morgan fingerprint density at radius 2 is 2.04 bits per heavy atom. The van der Waals surface area contributed by atoms with Gasteiger partial charge in [-0.15, -0.1) is 12.4 Å². The molecular formula is C22H32ClNO3. The summed E-state index contributed by atoms with van der Waals surface area (Å²) < 4.78 is 0. The lowest BCUT2D eigenvalue weighted by Gasteiger charge is -2.65. The number of aliphatic hydroxyl groups is 2. The van der Waals surface area contributed by atoms with Crippen LogP contribution in [0.15, 0.2) is 12.2 Å². The first-order valence-corrected chi connectivity index (χ1v) is 10.6. The van der Waals surface area contributed by atoms with Crippen molar-refractivity contribution in [2.75, 3.05) is 13.1 Å². The van der Waals surface area contributed by atoms with Gasteiger partial charge >= 0.3 is 0 Å². The van der Waals surface area contributed by atoms with Gasteiger partial charge in [-0.1, -0.05) is 20.4 Å². The molecular weight excluding hydrogens is 362 g/mol. The van der Waals surface area contributed by atoms with Crippen LogP contribution in [-0.2, 0) is 4.79 Å². The van der Waals surface area contributed by atoms with Gasteiger partial charge in [0.2, 0.25) is 0 Å². The predicted octanol–water partition coefficient (Wildman–Crippen LogP) is 2.42. The van der Waals surface area contributed by atoms with E-state index in [2.05, 4.69) is 25.3 Å². The summed E-state index contributed by atoms with van der Waals surface area (Å²) in [6.07, 6.45) is 3.50. The normalized spacial score (nSPS) is 60.4. The van der Waals surface area contributed by atoms with Crippen LogP contribution in [0.1, 0.15) is 46.0 Å². The van der Waals surface area contributed by atoms with Gasteiger partial charge in [0.25, 0.3) is 0 Å². The third kappa shape index (κ3) is 1.62. The van der Waals surface area contributed by atoms with Gasteiger partial charge < -0.3 is 10.2 Å². The second-order valence-corrected chi connectivity index (χ2v) is 10.7. The molecule has 7 bridgehead atoms. The molecule has 1 saturated heterocycles. The van der Waals surface area contributed by atoms with Crippen LogP contribution in [0.4, 0.5) is 0 Å². The number of fused-ring (bicyclic) bond motifs is 1. The van der Waals surface area contributed by atoms with Crippen molar-refractivity contribution in [2.45, 2.75) is 64.2 Å². The van der Waals surface area contributed by atoms with Crippen LogP contribution in [0, 0.1) is 39.9 Å². The number of aliphatic hydroxyl groups excluding tert-OH is 2. The standard InChI is InChI=1S/C22H31NO3.ClH/c1-4-23-10-20(3)6-5-17(25)22-15(20)7-13(18(22)23)21-9-12(11(2)19(21)26)14(24)8-16(21)22;/h12-13,15-19,25-26H,2,4-10H2,1,3H3;1H/t12-,13?,15-,16-,17+,18?,19-,20+,21+,22+;/m1./s1. The number of likely N-dealkylation sites (tertiary alicyclic amines) is 1. The van der Waals surface area contributed by atoms with Crippen molar-refractivity contribution in [3.63, 3.8) is 0 Å². The summed E-state index contributed by atoms with van der Waals surface area (Å²) in [6, 6.07) is 0.331. The molecule has 6 fully saturated rings. The van der Waals surface area contributed by atoms with E-state index in [0.717, 1.165) is 44.3 Å². The highest BCUT2D eigenvalue weighted by Gasteiger charge is 2.85. The SMILES string of the molecule is C=C1[C@H]2C[C@@]3(C4C[C@@H]5[C@@]6(C)CC[C@H](O)[C@@]5(C4N(CC)C6)[C@@H]3CC2=O)[C@@H]1O.Cl. The number of hydrogen-bond donors (Lipinski definition) is 2. The minimum Gasteiger partial charge on any atom is -0.392 e. The van der Waals surface area contributed by atoms with Crippen molar-refractivity contribution >= 4 is 18.2 Å². The molecule has 0 aromatic carbocycles. The summed E-state index contributed by atoms with van der Waals surface area (Å²) in [5.74, 6) is 1.16. The molecule has 0 radical (unpaired) electrons. The summed E-state index contributed by atoms with van der Waals surface area (Å²) in [6.45, 7) is 10.9. The van der Waals surface area contributed by atoms with Crippen LogP contribution in [-0.4, -0.2) is 52.2 Å². The molecule has 1 aliphatic heterocycles. The Morgan fingerprint density at radius 1 is 1.30 bits per heavy atom. The molecule has 2 unspecified atom stereocenters. The average Bonchev–Trinajstić information content (AvgIpc) is 3.14. The maximum atomic E-state index is 13.0. The zero-order valence-electron chi connectivity index (χ0n) is 16.4. The van der Waals surface area contributed by atoms with E-state index >= 15 is 0 Å². The molecule has 2 spiro atoms. The van der Waals surface area contributed by atoms with Gasteiger partial charge in [-0.05, 0) is 61.0 Å². The Balaban J connectivity index is 0.00000160. The van der Waals surface area contributed by atoms with Gasteiger partial charge in [0.15, 0.2) is 0 Å². The van der Waals surface area contributed by atoms with Crippen LogP contribution in [0.25, 0.3) is 0 Å². The number of rotatable bonds is 1. The molecule has 1 heterocycles. The van der Waals surface area contributed by atoms with Crippen LogP contribution >= 0.6 is 12.4 Å². The number of piperidine rings is 1. The predicted molar refractivity (Wildman–Crippen MR) is 104 cm³/mol. The summed E-state index contributed by atoms with van der Waals surface area (Å²) in [7, 11) is 0. The first kappa shape index (κ1) is 18.6. The van der Waals surface area contributed by atoms with Crippen molar-refractivity contribution in [1.29, 1.82) is 0 Å². The molecule has 0 aromatic rings. The first-order chi connectivity index (χ1) is 12.3. The third-order valence-electron chi connectivity index (χ3n) is 10.4. The summed E-state index contributed by atoms with van der Waals surface area (Å²) >= 11 is 0. The van der Waals surface area contributed by atoms with Crippen LogP contribution in [0.2, 0.25) is 0 Å². The van der Waals surface area contributed by atoms with E-state index in [1.807, 2.05) is 0 Å². The smallest absolute Gasteiger partial charge is 0.140 e. The Labute approximate surface area is 167 Å². The van der Waals surface area contributed by atoms with Crippen LogP contribution < -0.4 is 0 Å². The molecule has 5 saturated carbocycles. The highest BCUT2D eigenvalue weighted by atomic mass is 35.5. The van der Waals surface area contributed by atoms with E-state index in [1.54, 1.807) is 0 Å². The minimum absolute atomic E-state index is 0. The van der Waals surface area contributed by atoms with Gasteiger partial charge in [0.1, 0.15) is 5.78 Å². The Kier molecular flexibility index (Phi) is 3.57. The molecule has 6 aliphatic rings. The van der Waals surface area contributed by atoms with Gasteiger partial charge in [0, 0.05) is 35.8 Å². The van der Waals surface area contributed by atoms with Crippen LogP contribution in [0.5, 0.6) is 0 Å². The fourth-order valence-electron chi connectivity index (χ4n) is 9.75. The van der Waals surface area contributed by atoms with Crippen molar-refractivity contribution in [3.8, 4) is 0 Å². The lowest BCUT2D eigenvalue weighted by molar-refractivity contribution is -0.211. The second kappa shape index (κ2) is 5.19. The molecule has 150 valence electrons. The molecule has 5 heteroatoms. The number of carbonyl (C=O) groups is 1. The van der Waals surface area contributed by atoms with Crippen molar-refractivity contribution in [3.05, 3.63) is 12.2 Å². The van der Waals surface area contributed by atoms with Crippen molar-refractivity contribution in [1.82, 2.24) is 4.90 Å². The monoisotopic (exact) mass is 393 g/mol. The minimum atomic E-state index is -0.561. The summed E-state index contributed by atoms with van der Waals surface area (Å²) in [5, 5.41) is 22.8. The van der Waals surface area contributed by atoms with Gasteiger partial charge in [-0.2, -0.15) is 0 Å². The third-order valence-corrected chi connectivity index (χ3v) is 10.4. The van der Waals surface area contributed by atoms with E-state index < -0.39 is 6.10 Å². The molecule has 0 aromatic heterocycles. The summed E-state index contributed by atoms with van der Waals surface area (Å²) in [4.78, 5) is 15.6. The topological polar surface area (TPSA) is 60.8 Å². The quantitative estimate of drug-likeness (QED) is 0.672. The van der Waals surface area contributed by atoms with E-state index in [1.165, 1.54) is 0 Å². The first-order valence-electron chi connectivity index (χ1n) is 10.6. The average molecular weight is 394 g/mol. The van der Waals surface area contributed by atoms with E-state index in [9.17, 15) is 15.0 Å². The van der Waals surface area contributed by atoms with Crippen LogP contribution in [0.3, 0.4) is 0 Å². The van der Waals surface area contributed by atoms with Crippen molar-refractivity contribution < 1.29 is 15.0 Å². The maximum absolute atomic E-state index is 13.0. The zero-order valence-corrected chi connectivity index (χ0v) is 17.2. The van der Waals surface area contributed by atoms with E-state index in [4.69, 9.17) is 0 Å². The number of halogens is 1. The molecule has 4 nitrogen and oxygen atoms in total. The number of ketones is 1. The van der Waals surface area contributed by atoms with E-state index in [-0.39, 0.29) is 52.4 Å². The summed E-state index contributed by atoms with van der Waals surface area (Å²) in [5.41, 5.74) is 0.598. The molecule has 2 N–H and O–H groups in total. The molecule has 27 heavy (non-hydrogen) atoms. The van der Waals surface area contributed by atoms with Crippen molar-refractivity contribution in [2.24, 2.45) is 39.9 Å². The van der Waals surface area contributed by atoms with E-state index in [0.29, 0.717) is 24.3 Å². The number of hydrogen-bond acceptors (Lipinski definition) is 4. The molecule has 0 amide bonds. The Hall–Kier alpha value is -0.420. The maximum Gasteiger partial charge on any atom is 0.140 e. The van der Waals surface area contributed by atoms with Gasteiger partial charge in [-0.3, -0.25) is 9.69 Å². The number of Topliss-reactive ketones (excluding diaryl/α,β-unsaturated/α-hetero) is 1. The van der Waals surface area contributed by atoms with Gasteiger partial charge in [-0.25, -0.2) is 0 Å². The number of carbonyl (C=O) groups excluding carboxylic acids is 1. The molecule has 5 aliphatic carbocycles. The Bertz CT molecular complexity index is 741. The number of nitrogens with zero attached hydrogens (tertiary/aromatic N) is 1. The molecule has 6 rings (SSSR count). The highest BCUT2D eigenvalue weighted by Crippen LogP contribution is 2.83. The zero-order chi connectivity index (χ0) is 18.2. The molecule has 10 atom stereocenters.